The lowest BCUT2D eigenvalue weighted by Gasteiger charge is -2.34. The molecule has 1 aliphatic rings. The highest BCUT2D eigenvalue weighted by Gasteiger charge is 2.35. The summed E-state index contributed by atoms with van der Waals surface area (Å²) in [4.78, 5) is 11.9. The van der Waals surface area contributed by atoms with Gasteiger partial charge in [0.2, 0.25) is 0 Å². The number of methoxy groups -OCH3 is 3. The molecular weight excluding hydrogens is 320 g/mol. The molecular formula is C20H22O5. The normalized spacial score (nSPS) is 19.0. The number of hydrogen-bond acceptors (Lipinski definition) is 5. The van der Waals surface area contributed by atoms with Crippen LogP contribution in [-0.2, 0) is 20.9 Å². The molecule has 0 aliphatic carbocycles. The first-order chi connectivity index (χ1) is 12.2. The molecule has 25 heavy (non-hydrogen) atoms. The molecule has 5 nitrogen and oxygen atoms in total. The molecule has 2 aromatic carbocycles. The summed E-state index contributed by atoms with van der Waals surface area (Å²) in [6, 6.07) is 13.7. The Balaban J connectivity index is 2.08. The molecule has 0 amide bonds. The highest BCUT2D eigenvalue weighted by atomic mass is 16.5. The van der Waals surface area contributed by atoms with E-state index in [1.165, 1.54) is 7.11 Å². The Morgan fingerprint density at radius 1 is 1.08 bits per heavy atom. The molecule has 2 atom stereocenters. The first-order valence-corrected chi connectivity index (χ1v) is 8.16. The van der Waals surface area contributed by atoms with Crippen molar-refractivity contribution < 1.29 is 23.7 Å². The molecule has 0 N–H and O–H groups in total. The van der Waals surface area contributed by atoms with E-state index in [1.807, 2.05) is 42.5 Å². The molecule has 0 saturated carbocycles. The Labute approximate surface area is 147 Å². The average molecular weight is 342 g/mol. The van der Waals surface area contributed by atoms with Gasteiger partial charge in [0, 0.05) is 11.5 Å². The summed E-state index contributed by atoms with van der Waals surface area (Å²) in [5.41, 5.74) is 3.18. The van der Waals surface area contributed by atoms with Gasteiger partial charge in [-0.3, -0.25) is 4.79 Å². The second-order valence-corrected chi connectivity index (χ2v) is 5.91. The molecule has 0 bridgehead atoms. The molecule has 0 aromatic heterocycles. The number of rotatable bonds is 5. The van der Waals surface area contributed by atoms with Gasteiger partial charge in [-0.2, -0.15) is 0 Å². The molecule has 0 unspecified atom stereocenters. The number of ether oxygens (including phenoxy) is 4. The van der Waals surface area contributed by atoms with E-state index in [9.17, 15) is 4.79 Å². The van der Waals surface area contributed by atoms with Crippen LogP contribution < -0.4 is 9.47 Å². The van der Waals surface area contributed by atoms with Crippen LogP contribution in [0.4, 0.5) is 0 Å². The van der Waals surface area contributed by atoms with E-state index >= 15 is 0 Å². The molecule has 0 spiro atoms. The van der Waals surface area contributed by atoms with E-state index in [1.54, 1.807) is 14.2 Å². The monoisotopic (exact) mass is 342 g/mol. The Bertz CT molecular complexity index is 724. The van der Waals surface area contributed by atoms with Crippen LogP contribution in [0.15, 0.2) is 42.5 Å². The number of carbonyl (C=O) groups excluding carboxylic acids is 1. The molecule has 1 aliphatic heterocycles. The van der Waals surface area contributed by atoms with Crippen molar-refractivity contribution >= 4 is 5.97 Å². The number of benzene rings is 2. The maximum atomic E-state index is 11.9. The lowest BCUT2D eigenvalue weighted by molar-refractivity contribution is -0.144. The molecule has 0 radical (unpaired) electrons. The van der Waals surface area contributed by atoms with Gasteiger partial charge in [-0.25, -0.2) is 0 Å². The van der Waals surface area contributed by atoms with Gasteiger partial charge in [-0.1, -0.05) is 24.3 Å². The van der Waals surface area contributed by atoms with Crippen molar-refractivity contribution in [3.05, 3.63) is 59.2 Å². The Morgan fingerprint density at radius 2 is 1.84 bits per heavy atom. The highest BCUT2D eigenvalue weighted by Crippen LogP contribution is 2.43. The SMILES string of the molecule is COC(=O)C[C@H]1OCc2cccc(OC)c2[C@@H]1c1ccc(OC)cc1. The zero-order valence-corrected chi connectivity index (χ0v) is 14.7. The quantitative estimate of drug-likeness (QED) is 0.781. The van der Waals surface area contributed by atoms with E-state index in [-0.39, 0.29) is 24.4 Å². The minimum absolute atomic E-state index is 0.120. The lowest BCUT2D eigenvalue weighted by atomic mass is 9.80. The third-order valence-corrected chi connectivity index (χ3v) is 4.58. The topological polar surface area (TPSA) is 54.0 Å². The Morgan fingerprint density at radius 3 is 2.48 bits per heavy atom. The van der Waals surface area contributed by atoms with Crippen molar-refractivity contribution in [1.29, 1.82) is 0 Å². The Hall–Kier alpha value is -2.53. The first kappa shape index (κ1) is 17.3. The minimum atomic E-state index is -0.315. The fourth-order valence-corrected chi connectivity index (χ4v) is 3.34. The smallest absolute Gasteiger partial charge is 0.308 e. The number of hydrogen-bond donors (Lipinski definition) is 0. The van der Waals surface area contributed by atoms with Crippen molar-refractivity contribution in [3.8, 4) is 11.5 Å². The van der Waals surface area contributed by atoms with Crippen LogP contribution in [0.25, 0.3) is 0 Å². The van der Waals surface area contributed by atoms with Gasteiger partial charge < -0.3 is 18.9 Å². The van der Waals surface area contributed by atoms with Gasteiger partial charge in [-0.15, -0.1) is 0 Å². The van der Waals surface area contributed by atoms with Gasteiger partial charge in [0.15, 0.2) is 0 Å². The summed E-state index contributed by atoms with van der Waals surface area (Å²) in [5.74, 6) is 1.17. The predicted octanol–water partition coefficient (Wildman–Crippen LogP) is 3.30. The molecule has 0 fully saturated rings. The maximum absolute atomic E-state index is 11.9. The van der Waals surface area contributed by atoms with E-state index in [4.69, 9.17) is 18.9 Å². The summed E-state index contributed by atoms with van der Waals surface area (Å²) in [7, 11) is 4.69. The predicted molar refractivity (Wildman–Crippen MR) is 93.0 cm³/mol. The molecule has 3 rings (SSSR count). The largest absolute Gasteiger partial charge is 0.497 e. The van der Waals surface area contributed by atoms with E-state index in [2.05, 4.69) is 0 Å². The summed E-state index contributed by atoms with van der Waals surface area (Å²) in [6.07, 6.45) is -0.130. The third kappa shape index (κ3) is 3.46. The van der Waals surface area contributed by atoms with Crippen LogP contribution in [0.2, 0.25) is 0 Å². The fourth-order valence-electron chi connectivity index (χ4n) is 3.34. The van der Waals surface area contributed by atoms with Crippen molar-refractivity contribution in [3.63, 3.8) is 0 Å². The van der Waals surface area contributed by atoms with E-state index in [0.717, 1.165) is 28.2 Å². The van der Waals surface area contributed by atoms with Gasteiger partial charge >= 0.3 is 5.97 Å². The number of carbonyl (C=O) groups is 1. The van der Waals surface area contributed by atoms with Crippen LogP contribution in [0.3, 0.4) is 0 Å². The van der Waals surface area contributed by atoms with Crippen LogP contribution in [0.5, 0.6) is 11.5 Å². The third-order valence-electron chi connectivity index (χ3n) is 4.58. The van der Waals surface area contributed by atoms with Gasteiger partial charge in [0.1, 0.15) is 11.5 Å². The highest BCUT2D eigenvalue weighted by molar-refractivity contribution is 5.70. The average Bonchev–Trinajstić information content (AvgIpc) is 2.67. The van der Waals surface area contributed by atoms with E-state index < -0.39 is 0 Å². The summed E-state index contributed by atoms with van der Waals surface area (Å²) in [6.45, 7) is 0.445. The Kier molecular flexibility index (Phi) is 5.24. The van der Waals surface area contributed by atoms with Crippen LogP contribution in [0.1, 0.15) is 29.0 Å². The van der Waals surface area contributed by atoms with Gasteiger partial charge in [0.05, 0.1) is 40.5 Å². The van der Waals surface area contributed by atoms with Gasteiger partial charge in [-0.05, 0) is 29.3 Å². The van der Waals surface area contributed by atoms with Crippen molar-refractivity contribution in [2.45, 2.75) is 25.0 Å². The van der Waals surface area contributed by atoms with Crippen molar-refractivity contribution in [2.24, 2.45) is 0 Å². The zero-order chi connectivity index (χ0) is 17.8. The summed E-state index contributed by atoms with van der Waals surface area (Å²) < 4.78 is 21.7. The molecule has 5 heteroatoms. The zero-order valence-electron chi connectivity index (χ0n) is 14.7. The van der Waals surface area contributed by atoms with Crippen LogP contribution >= 0.6 is 0 Å². The molecule has 0 saturated heterocycles. The molecule has 2 aromatic rings. The number of esters is 1. The summed E-state index contributed by atoms with van der Waals surface area (Å²) >= 11 is 0. The first-order valence-electron chi connectivity index (χ1n) is 8.16. The lowest BCUT2D eigenvalue weighted by Crippen LogP contribution is -2.31. The standard InChI is InChI=1S/C20H22O5/c1-22-15-9-7-13(8-10-15)19-17(11-18(21)24-3)25-12-14-5-4-6-16(23-2)20(14)19/h4-10,17,19H,11-12H2,1-3H3/t17-,19-/m1/s1. The molecule has 1 heterocycles. The van der Waals surface area contributed by atoms with Crippen molar-refractivity contribution in [2.75, 3.05) is 21.3 Å². The second kappa shape index (κ2) is 7.57. The number of fused-ring (bicyclic) bond motifs is 1. The minimum Gasteiger partial charge on any atom is -0.497 e. The molecule has 132 valence electrons. The van der Waals surface area contributed by atoms with Gasteiger partial charge in [0.25, 0.3) is 0 Å². The fraction of sp³-hybridized carbons (Fsp3) is 0.350. The second-order valence-electron chi connectivity index (χ2n) is 5.91. The maximum Gasteiger partial charge on any atom is 0.308 e. The van der Waals surface area contributed by atoms with Crippen LogP contribution in [-0.4, -0.2) is 33.4 Å². The van der Waals surface area contributed by atoms with Crippen LogP contribution in [0, 0.1) is 0 Å². The summed E-state index contributed by atoms with van der Waals surface area (Å²) in [5, 5.41) is 0. The van der Waals surface area contributed by atoms with Crippen molar-refractivity contribution in [1.82, 2.24) is 0 Å². The van der Waals surface area contributed by atoms with E-state index in [0.29, 0.717) is 6.61 Å².